The van der Waals surface area contributed by atoms with Gasteiger partial charge < -0.3 is 10.6 Å². The number of aromatic nitrogens is 2. The van der Waals surface area contributed by atoms with Gasteiger partial charge in [0.15, 0.2) is 0 Å². The molecule has 0 spiro atoms. The zero-order chi connectivity index (χ0) is 19.5. The van der Waals surface area contributed by atoms with Crippen molar-refractivity contribution in [3.8, 4) is 11.1 Å². The van der Waals surface area contributed by atoms with Gasteiger partial charge in [0.2, 0.25) is 0 Å². The summed E-state index contributed by atoms with van der Waals surface area (Å²) in [6.07, 6.45) is 5.87. The van der Waals surface area contributed by atoms with E-state index in [0.717, 1.165) is 41.0 Å². The summed E-state index contributed by atoms with van der Waals surface area (Å²) in [4.78, 5) is 21.9. The van der Waals surface area contributed by atoms with E-state index in [1.807, 2.05) is 68.7 Å². The second-order valence-corrected chi connectivity index (χ2v) is 7.26. The standard InChI is InChI=1S/C23H24N4O/c1-15-5-4-12-25-21(15)22(16-8-9-16)27-23(28)18-7-3-6-17(13-18)19-10-11-20(24-2)26-14-19/h3-7,10-14,16,22H,8-9H2,1-2H3,(H,24,26)(H,27,28)/t22-/m1/s1. The van der Waals surface area contributed by atoms with Crippen LogP contribution >= 0.6 is 0 Å². The molecule has 0 aliphatic heterocycles. The van der Waals surface area contributed by atoms with Crippen molar-refractivity contribution in [2.75, 3.05) is 12.4 Å². The molecule has 1 aromatic carbocycles. The third-order valence-electron chi connectivity index (χ3n) is 5.20. The van der Waals surface area contributed by atoms with Crippen LogP contribution in [0.3, 0.4) is 0 Å². The Hall–Kier alpha value is -3.21. The van der Waals surface area contributed by atoms with Crippen LogP contribution in [0.4, 0.5) is 5.82 Å². The first-order chi connectivity index (χ1) is 13.7. The lowest BCUT2D eigenvalue weighted by molar-refractivity contribution is 0.0930. The van der Waals surface area contributed by atoms with E-state index in [9.17, 15) is 4.79 Å². The molecule has 142 valence electrons. The number of carbonyl (C=O) groups is 1. The Balaban J connectivity index is 1.56. The van der Waals surface area contributed by atoms with Crippen LogP contribution in [0.2, 0.25) is 0 Å². The minimum atomic E-state index is -0.0661. The van der Waals surface area contributed by atoms with E-state index in [2.05, 4.69) is 20.6 Å². The van der Waals surface area contributed by atoms with E-state index in [1.54, 1.807) is 6.20 Å². The van der Waals surface area contributed by atoms with Crippen molar-refractivity contribution >= 4 is 11.7 Å². The van der Waals surface area contributed by atoms with E-state index < -0.39 is 0 Å². The topological polar surface area (TPSA) is 66.9 Å². The Bertz CT molecular complexity index is 980. The molecule has 1 aliphatic carbocycles. The maximum atomic E-state index is 13.0. The number of hydrogen-bond acceptors (Lipinski definition) is 4. The second kappa shape index (κ2) is 7.80. The summed E-state index contributed by atoms with van der Waals surface area (Å²) in [5.41, 5.74) is 4.69. The number of benzene rings is 1. The third kappa shape index (κ3) is 3.88. The molecule has 4 rings (SSSR count). The number of amides is 1. The molecule has 5 heteroatoms. The van der Waals surface area contributed by atoms with E-state index in [1.165, 1.54) is 0 Å². The zero-order valence-electron chi connectivity index (χ0n) is 16.1. The Morgan fingerprint density at radius 2 is 1.93 bits per heavy atom. The summed E-state index contributed by atoms with van der Waals surface area (Å²) in [5.74, 6) is 1.22. The van der Waals surface area contributed by atoms with Gasteiger partial charge in [0.25, 0.3) is 5.91 Å². The molecule has 0 saturated heterocycles. The van der Waals surface area contributed by atoms with Crippen LogP contribution in [0.5, 0.6) is 0 Å². The molecular formula is C23H24N4O. The molecule has 0 bridgehead atoms. The van der Waals surface area contributed by atoms with Crippen LogP contribution in [0.1, 0.15) is 40.5 Å². The van der Waals surface area contributed by atoms with Gasteiger partial charge in [0, 0.05) is 30.6 Å². The van der Waals surface area contributed by atoms with Crippen LogP contribution in [0.25, 0.3) is 11.1 Å². The predicted molar refractivity (Wildman–Crippen MR) is 111 cm³/mol. The number of nitrogens with zero attached hydrogens (tertiary/aromatic N) is 2. The molecule has 0 radical (unpaired) electrons. The first-order valence-electron chi connectivity index (χ1n) is 9.62. The minimum absolute atomic E-state index is 0.0334. The SMILES string of the molecule is CNc1ccc(-c2cccc(C(=O)N[C@@H](c3ncccc3C)C3CC3)c2)cn1. The highest BCUT2D eigenvalue weighted by atomic mass is 16.1. The monoisotopic (exact) mass is 372 g/mol. The Labute approximate surface area is 165 Å². The largest absolute Gasteiger partial charge is 0.373 e. The highest BCUT2D eigenvalue weighted by Crippen LogP contribution is 2.41. The van der Waals surface area contributed by atoms with E-state index in [-0.39, 0.29) is 11.9 Å². The molecule has 1 atom stereocenters. The normalized spacial score (nSPS) is 14.4. The Morgan fingerprint density at radius 1 is 1.07 bits per heavy atom. The number of rotatable bonds is 6. The zero-order valence-corrected chi connectivity index (χ0v) is 16.1. The fourth-order valence-electron chi connectivity index (χ4n) is 3.44. The van der Waals surface area contributed by atoms with Crippen molar-refractivity contribution in [1.82, 2.24) is 15.3 Å². The van der Waals surface area contributed by atoms with Crippen molar-refractivity contribution in [3.63, 3.8) is 0 Å². The lowest BCUT2D eigenvalue weighted by Crippen LogP contribution is -2.31. The number of nitrogens with one attached hydrogen (secondary N) is 2. The van der Waals surface area contributed by atoms with Crippen LogP contribution < -0.4 is 10.6 Å². The molecule has 2 aromatic heterocycles. The quantitative estimate of drug-likeness (QED) is 0.674. The average molecular weight is 372 g/mol. The summed E-state index contributed by atoms with van der Waals surface area (Å²) in [6.45, 7) is 2.05. The third-order valence-corrected chi connectivity index (χ3v) is 5.20. The van der Waals surface area contributed by atoms with Crippen molar-refractivity contribution in [3.05, 3.63) is 77.7 Å². The van der Waals surface area contributed by atoms with Gasteiger partial charge >= 0.3 is 0 Å². The number of anilines is 1. The molecule has 28 heavy (non-hydrogen) atoms. The smallest absolute Gasteiger partial charge is 0.251 e. The van der Waals surface area contributed by atoms with Crippen molar-refractivity contribution < 1.29 is 4.79 Å². The number of carbonyl (C=O) groups excluding carboxylic acids is 1. The highest BCUT2D eigenvalue weighted by molar-refractivity contribution is 5.95. The average Bonchev–Trinajstić information content (AvgIpc) is 3.58. The molecule has 1 aliphatic rings. The molecule has 5 nitrogen and oxygen atoms in total. The van der Waals surface area contributed by atoms with Gasteiger partial charge in [-0.1, -0.05) is 18.2 Å². The van der Waals surface area contributed by atoms with Gasteiger partial charge in [-0.05, 0) is 67.1 Å². The molecule has 1 fully saturated rings. The highest BCUT2D eigenvalue weighted by Gasteiger charge is 2.35. The molecule has 1 amide bonds. The summed E-state index contributed by atoms with van der Waals surface area (Å²) in [7, 11) is 1.84. The lowest BCUT2D eigenvalue weighted by Gasteiger charge is -2.20. The fraction of sp³-hybridized carbons (Fsp3) is 0.261. The van der Waals surface area contributed by atoms with Crippen molar-refractivity contribution in [2.45, 2.75) is 25.8 Å². The Kier molecular flexibility index (Phi) is 5.06. The van der Waals surface area contributed by atoms with Crippen LogP contribution in [0, 0.1) is 12.8 Å². The van der Waals surface area contributed by atoms with E-state index in [4.69, 9.17) is 0 Å². The second-order valence-electron chi connectivity index (χ2n) is 7.26. The van der Waals surface area contributed by atoms with Crippen molar-refractivity contribution in [2.24, 2.45) is 5.92 Å². The van der Waals surface area contributed by atoms with E-state index in [0.29, 0.717) is 11.5 Å². The van der Waals surface area contributed by atoms with E-state index >= 15 is 0 Å². The van der Waals surface area contributed by atoms with Gasteiger partial charge in [-0.3, -0.25) is 9.78 Å². The maximum Gasteiger partial charge on any atom is 0.251 e. The maximum absolute atomic E-state index is 13.0. The van der Waals surface area contributed by atoms with Crippen molar-refractivity contribution in [1.29, 1.82) is 0 Å². The van der Waals surface area contributed by atoms with Gasteiger partial charge in [-0.25, -0.2) is 4.98 Å². The number of pyridine rings is 2. The first kappa shape index (κ1) is 18.2. The van der Waals surface area contributed by atoms with Crippen LogP contribution in [-0.4, -0.2) is 22.9 Å². The fourth-order valence-corrected chi connectivity index (χ4v) is 3.44. The van der Waals surface area contributed by atoms with Gasteiger partial charge in [0.05, 0.1) is 11.7 Å². The van der Waals surface area contributed by atoms with Gasteiger partial charge in [-0.2, -0.15) is 0 Å². The summed E-state index contributed by atoms with van der Waals surface area (Å²) in [6, 6.07) is 15.5. The predicted octanol–water partition coefficient (Wildman–Crippen LogP) is 4.37. The molecule has 3 aromatic rings. The summed E-state index contributed by atoms with van der Waals surface area (Å²) >= 11 is 0. The molecular weight excluding hydrogens is 348 g/mol. The molecule has 1 saturated carbocycles. The summed E-state index contributed by atoms with van der Waals surface area (Å²) < 4.78 is 0. The van der Waals surface area contributed by atoms with Crippen LogP contribution in [0.15, 0.2) is 60.9 Å². The molecule has 0 unspecified atom stereocenters. The van der Waals surface area contributed by atoms with Crippen LogP contribution in [-0.2, 0) is 0 Å². The Morgan fingerprint density at radius 3 is 2.61 bits per heavy atom. The number of aryl methyl sites for hydroxylation is 1. The molecule has 2 N–H and O–H groups in total. The van der Waals surface area contributed by atoms with Gasteiger partial charge in [-0.15, -0.1) is 0 Å². The summed E-state index contributed by atoms with van der Waals surface area (Å²) in [5, 5.41) is 6.23. The molecule has 2 heterocycles. The number of hydrogen-bond donors (Lipinski definition) is 2. The first-order valence-corrected chi connectivity index (χ1v) is 9.62. The lowest BCUT2D eigenvalue weighted by atomic mass is 10.0. The van der Waals surface area contributed by atoms with Gasteiger partial charge in [0.1, 0.15) is 5.82 Å². The minimum Gasteiger partial charge on any atom is -0.373 e.